The zero-order chi connectivity index (χ0) is 53.6. The van der Waals surface area contributed by atoms with Crippen molar-refractivity contribution >= 4 is 60.7 Å². The van der Waals surface area contributed by atoms with E-state index >= 15 is 0 Å². The lowest BCUT2D eigenvalue weighted by atomic mass is 9.96. The average molecular weight is 1030 g/mol. The number of fused-ring (bicyclic) bond motifs is 6. The second-order valence-electron chi connectivity index (χ2n) is 20.9. The van der Waals surface area contributed by atoms with Crippen LogP contribution < -0.4 is 4.90 Å². The molecular weight excluding hydrogens is 979 g/mol. The molecule has 2 aromatic heterocycles. The minimum atomic E-state index is 1.07. The minimum Gasteiger partial charge on any atom is -0.311 e. The van der Waals surface area contributed by atoms with Crippen LogP contribution in [0.4, 0.5) is 17.1 Å². The Hall–Kier alpha value is -10.7. The summed E-state index contributed by atoms with van der Waals surface area (Å²) in [6.07, 6.45) is 0. The molecule has 0 aliphatic heterocycles. The van der Waals surface area contributed by atoms with Crippen LogP contribution in [0.1, 0.15) is 0 Å². The van der Waals surface area contributed by atoms with Crippen molar-refractivity contribution in [2.24, 2.45) is 0 Å². The van der Waals surface area contributed by atoms with E-state index in [1.54, 1.807) is 0 Å². The molecule has 0 atom stereocenters. The third-order valence-electron chi connectivity index (χ3n) is 16.1. The summed E-state index contributed by atoms with van der Waals surface area (Å²) >= 11 is 0. The lowest BCUT2D eigenvalue weighted by molar-refractivity contribution is 1.18. The second-order valence-corrected chi connectivity index (χ2v) is 20.9. The SMILES string of the molecule is c1ccc(-c2cccc(-c3cccc(-c4ccc(N(c5ccc(-c6cccc(-c7cccc(-n8c9ccccc9c9ccccc98)c7)c6)cc5)c5ccc(-c6cccc(-n7c8ccccc8c8ccccc87)c6)cc5)cc4)c3)c2)cc1. The van der Waals surface area contributed by atoms with Crippen molar-refractivity contribution in [1.29, 1.82) is 0 Å². The second kappa shape index (κ2) is 20.2. The number of rotatable bonds is 11. The number of aromatic nitrogens is 2. The van der Waals surface area contributed by atoms with Gasteiger partial charge in [-0.15, -0.1) is 0 Å². The molecule has 15 rings (SSSR count). The smallest absolute Gasteiger partial charge is 0.0541 e. The number of anilines is 3. The van der Waals surface area contributed by atoms with Crippen molar-refractivity contribution in [3.63, 3.8) is 0 Å². The summed E-state index contributed by atoms with van der Waals surface area (Å²) in [5.74, 6) is 0. The van der Waals surface area contributed by atoms with Crippen LogP contribution in [-0.4, -0.2) is 9.13 Å². The average Bonchev–Trinajstić information content (AvgIpc) is 4.31. The molecule has 15 aromatic rings. The zero-order valence-electron chi connectivity index (χ0n) is 44.4. The van der Waals surface area contributed by atoms with Crippen LogP contribution in [0.5, 0.6) is 0 Å². The van der Waals surface area contributed by atoms with Crippen LogP contribution in [0.25, 0.3) is 122 Å². The zero-order valence-corrected chi connectivity index (χ0v) is 44.4. The van der Waals surface area contributed by atoms with E-state index < -0.39 is 0 Å². The lowest BCUT2D eigenvalue weighted by Crippen LogP contribution is -2.09. The van der Waals surface area contributed by atoms with Crippen molar-refractivity contribution in [2.75, 3.05) is 4.90 Å². The van der Waals surface area contributed by atoms with Gasteiger partial charge in [0.25, 0.3) is 0 Å². The van der Waals surface area contributed by atoms with Gasteiger partial charge in [-0.05, 0) is 170 Å². The molecule has 3 nitrogen and oxygen atoms in total. The summed E-state index contributed by atoms with van der Waals surface area (Å²) in [7, 11) is 0. The molecule has 0 unspecified atom stereocenters. The van der Waals surface area contributed by atoms with E-state index in [-0.39, 0.29) is 0 Å². The van der Waals surface area contributed by atoms with Crippen LogP contribution >= 0.6 is 0 Å². The molecule has 81 heavy (non-hydrogen) atoms. The predicted octanol–water partition coefficient (Wildman–Crippen LogP) is 21.4. The monoisotopic (exact) mass is 1030 g/mol. The molecule has 0 amide bonds. The molecule has 0 fully saturated rings. The summed E-state index contributed by atoms with van der Waals surface area (Å²) in [6.45, 7) is 0. The predicted molar refractivity (Wildman–Crippen MR) is 342 cm³/mol. The maximum atomic E-state index is 2.39. The van der Waals surface area contributed by atoms with E-state index in [4.69, 9.17) is 0 Å². The van der Waals surface area contributed by atoms with Crippen molar-refractivity contribution in [3.05, 3.63) is 322 Å². The van der Waals surface area contributed by atoms with Crippen molar-refractivity contribution in [2.45, 2.75) is 0 Å². The van der Waals surface area contributed by atoms with Gasteiger partial charge >= 0.3 is 0 Å². The highest BCUT2D eigenvalue weighted by atomic mass is 15.1. The number of nitrogens with zero attached hydrogens (tertiary/aromatic N) is 3. The van der Waals surface area contributed by atoms with Crippen LogP contribution in [0, 0.1) is 0 Å². The Morgan fingerprint density at radius 3 is 0.741 bits per heavy atom. The van der Waals surface area contributed by atoms with E-state index in [2.05, 4.69) is 336 Å². The van der Waals surface area contributed by atoms with Gasteiger partial charge in [-0.25, -0.2) is 0 Å². The number of hydrogen-bond acceptors (Lipinski definition) is 1. The van der Waals surface area contributed by atoms with Crippen LogP contribution in [-0.2, 0) is 0 Å². The van der Waals surface area contributed by atoms with Crippen molar-refractivity contribution in [3.8, 4) is 78.1 Å². The summed E-state index contributed by atoms with van der Waals surface area (Å²) in [4.78, 5) is 2.37. The Morgan fingerprint density at radius 1 is 0.173 bits per heavy atom. The summed E-state index contributed by atoms with van der Waals surface area (Å²) in [6, 6.07) is 117. The van der Waals surface area contributed by atoms with Gasteiger partial charge in [0.05, 0.1) is 22.1 Å². The van der Waals surface area contributed by atoms with Gasteiger partial charge < -0.3 is 14.0 Å². The number of benzene rings is 13. The lowest BCUT2D eigenvalue weighted by Gasteiger charge is -2.26. The molecule has 0 spiro atoms. The van der Waals surface area contributed by atoms with E-state index in [9.17, 15) is 0 Å². The van der Waals surface area contributed by atoms with E-state index in [1.807, 2.05) is 0 Å². The van der Waals surface area contributed by atoms with Gasteiger partial charge in [0.1, 0.15) is 0 Å². The van der Waals surface area contributed by atoms with Crippen molar-refractivity contribution in [1.82, 2.24) is 9.13 Å². The standard InChI is InChI=1S/C78H53N3/c1-2-17-54(18-3-1)58-19-12-22-61(49-58)62-23-13-20-59(50-62)55-37-43-66(44-38-55)79(68-47-41-57(42-48-68)64-25-15-27-69(52-64)80-75-33-8-4-29-71(75)72-30-5-9-34-76(72)80)67-45-39-56(40-46-67)60-21-14-24-63(51-60)65-26-16-28-70(53-65)81-77-35-10-6-31-73(77)74-32-7-11-36-78(74)81/h1-53H. The molecular formula is C78H53N3. The molecule has 0 bridgehead atoms. The Kier molecular flexibility index (Phi) is 11.9. The van der Waals surface area contributed by atoms with Gasteiger partial charge in [-0.3, -0.25) is 0 Å². The van der Waals surface area contributed by atoms with Crippen LogP contribution in [0.3, 0.4) is 0 Å². The third-order valence-corrected chi connectivity index (χ3v) is 16.1. The van der Waals surface area contributed by atoms with E-state index in [1.165, 1.54) is 88.1 Å². The topological polar surface area (TPSA) is 13.1 Å². The van der Waals surface area contributed by atoms with Crippen LogP contribution in [0.2, 0.25) is 0 Å². The largest absolute Gasteiger partial charge is 0.311 e. The van der Waals surface area contributed by atoms with Gasteiger partial charge in [0.15, 0.2) is 0 Å². The maximum Gasteiger partial charge on any atom is 0.0541 e. The Labute approximate surface area is 471 Å². The molecule has 0 radical (unpaired) electrons. The van der Waals surface area contributed by atoms with Gasteiger partial charge in [-0.2, -0.15) is 0 Å². The first kappa shape index (κ1) is 47.5. The molecule has 0 aliphatic rings. The third kappa shape index (κ3) is 8.75. The summed E-state index contributed by atoms with van der Waals surface area (Å²) in [5.41, 5.74) is 24.5. The maximum absolute atomic E-state index is 2.39. The summed E-state index contributed by atoms with van der Waals surface area (Å²) < 4.78 is 4.78. The fourth-order valence-electron chi connectivity index (χ4n) is 12.2. The normalized spacial score (nSPS) is 11.5. The first-order valence-corrected chi connectivity index (χ1v) is 27.8. The Balaban J connectivity index is 0.767. The first-order valence-electron chi connectivity index (χ1n) is 27.8. The van der Waals surface area contributed by atoms with Crippen LogP contribution in [0.15, 0.2) is 322 Å². The molecule has 2 heterocycles. The molecule has 13 aromatic carbocycles. The van der Waals surface area contributed by atoms with Gasteiger partial charge in [0, 0.05) is 50.0 Å². The van der Waals surface area contributed by atoms with E-state index in [0.29, 0.717) is 0 Å². The highest BCUT2D eigenvalue weighted by Crippen LogP contribution is 2.41. The molecule has 0 N–H and O–H groups in total. The Morgan fingerprint density at radius 2 is 0.407 bits per heavy atom. The number of hydrogen-bond donors (Lipinski definition) is 0. The molecule has 0 saturated carbocycles. The molecule has 0 aliphatic carbocycles. The quantitative estimate of drug-likeness (QED) is 0.126. The summed E-state index contributed by atoms with van der Waals surface area (Å²) in [5, 5.41) is 5.04. The highest BCUT2D eigenvalue weighted by Gasteiger charge is 2.18. The number of para-hydroxylation sites is 4. The minimum absolute atomic E-state index is 1.07. The van der Waals surface area contributed by atoms with E-state index in [0.717, 1.165) is 50.7 Å². The molecule has 380 valence electrons. The van der Waals surface area contributed by atoms with Gasteiger partial charge in [0.2, 0.25) is 0 Å². The molecule has 0 saturated heterocycles. The Bertz CT molecular complexity index is 4690. The first-order chi connectivity index (χ1) is 40.1. The van der Waals surface area contributed by atoms with Gasteiger partial charge in [-0.1, -0.05) is 218 Å². The highest BCUT2D eigenvalue weighted by molar-refractivity contribution is 6.10. The fourth-order valence-corrected chi connectivity index (χ4v) is 12.2. The van der Waals surface area contributed by atoms with Crippen molar-refractivity contribution < 1.29 is 0 Å². The molecule has 3 heteroatoms. The fraction of sp³-hybridized carbons (Fsp3) is 0.